The van der Waals surface area contributed by atoms with Crippen molar-refractivity contribution in [2.24, 2.45) is 0 Å². The second kappa shape index (κ2) is 2.96. The minimum Gasteiger partial charge on any atom is -0.388 e. The molecule has 1 heterocycles. The quantitative estimate of drug-likeness (QED) is 0.455. The average Bonchev–Trinajstić information content (AvgIpc) is 1.97. The summed E-state index contributed by atoms with van der Waals surface area (Å²) < 4.78 is 5.31. The van der Waals surface area contributed by atoms with Crippen molar-refractivity contribution in [3.8, 4) is 0 Å². The molecule has 0 spiro atoms. The van der Waals surface area contributed by atoms with E-state index in [0.717, 1.165) is 0 Å². The highest BCUT2D eigenvalue weighted by atomic mass is 16.5. The van der Waals surface area contributed by atoms with Crippen molar-refractivity contribution in [1.82, 2.24) is 0 Å². The van der Waals surface area contributed by atoms with Crippen LogP contribution in [0.3, 0.4) is 0 Å². The molecule has 3 N–H and O–H groups in total. The van der Waals surface area contributed by atoms with Crippen molar-refractivity contribution in [2.75, 3.05) is 0 Å². The van der Waals surface area contributed by atoms with Crippen molar-refractivity contribution >= 4 is 0 Å². The maximum absolute atomic E-state index is 9.46. The largest absolute Gasteiger partial charge is 0.388 e. The smallest absolute Gasteiger partial charge is 0.111 e. The van der Waals surface area contributed by atoms with Gasteiger partial charge in [0.2, 0.25) is 0 Å². The van der Waals surface area contributed by atoms with Gasteiger partial charge in [-0.2, -0.15) is 0 Å². The Morgan fingerprint density at radius 2 is 1.58 bits per heavy atom. The molecule has 0 aliphatic carbocycles. The highest BCUT2D eigenvalue weighted by molar-refractivity contribution is 4.95. The molecule has 0 aromatic carbocycles. The second-order valence-electron chi connectivity index (χ2n) is 3.85. The van der Waals surface area contributed by atoms with Crippen LogP contribution in [0.25, 0.3) is 0 Å². The van der Waals surface area contributed by atoms with Gasteiger partial charge in [-0.1, -0.05) is 0 Å². The normalized spacial score (nSPS) is 47.5. The van der Waals surface area contributed by atoms with Gasteiger partial charge in [0.05, 0.1) is 11.7 Å². The van der Waals surface area contributed by atoms with Gasteiger partial charge in [-0.3, -0.25) is 0 Å². The number of hydrogen-bond acceptors (Lipinski definition) is 4. The molecule has 0 bridgehead atoms. The van der Waals surface area contributed by atoms with E-state index >= 15 is 0 Å². The van der Waals surface area contributed by atoms with E-state index in [4.69, 9.17) is 4.74 Å². The third-order valence-electron chi connectivity index (χ3n) is 2.36. The SMILES string of the molecule is CC1OC(C)(C)C(O)C(O)C1O. The molecule has 0 aromatic rings. The first-order valence-corrected chi connectivity index (χ1v) is 4.08. The van der Waals surface area contributed by atoms with Crippen LogP contribution in [-0.2, 0) is 4.74 Å². The van der Waals surface area contributed by atoms with E-state index in [1.807, 2.05) is 0 Å². The van der Waals surface area contributed by atoms with Crippen molar-refractivity contribution in [3.05, 3.63) is 0 Å². The Labute approximate surface area is 71.8 Å². The first-order chi connectivity index (χ1) is 5.36. The molecule has 1 fully saturated rings. The summed E-state index contributed by atoms with van der Waals surface area (Å²) in [4.78, 5) is 0. The van der Waals surface area contributed by atoms with Crippen LogP contribution in [0.5, 0.6) is 0 Å². The molecule has 1 rings (SSSR count). The molecular weight excluding hydrogens is 160 g/mol. The lowest BCUT2D eigenvalue weighted by Gasteiger charge is -2.44. The minimum atomic E-state index is -1.12. The molecular formula is C8H16O4. The average molecular weight is 176 g/mol. The van der Waals surface area contributed by atoms with Gasteiger partial charge < -0.3 is 20.1 Å². The lowest BCUT2D eigenvalue weighted by atomic mass is 9.88. The Morgan fingerprint density at radius 3 is 2.08 bits per heavy atom. The van der Waals surface area contributed by atoms with E-state index in [1.165, 1.54) is 0 Å². The van der Waals surface area contributed by atoms with E-state index in [-0.39, 0.29) is 0 Å². The number of ether oxygens (including phenoxy) is 1. The summed E-state index contributed by atoms with van der Waals surface area (Å²) in [6, 6.07) is 0. The lowest BCUT2D eigenvalue weighted by Crippen LogP contribution is -2.61. The highest BCUT2D eigenvalue weighted by Crippen LogP contribution is 2.28. The van der Waals surface area contributed by atoms with Crippen LogP contribution in [0.1, 0.15) is 20.8 Å². The van der Waals surface area contributed by atoms with Crippen LogP contribution in [0.15, 0.2) is 0 Å². The Bertz CT molecular complexity index is 168. The maximum Gasteiger partial charge on any atom is 0.111 e. The summed E-state index contributed by atoms with van der Waals surface area (Å²) in [6.45, 7) is 5.04. The molecule has 1 aliphatic heterocycles. The van der Waals surface area contributed by atoms with Crippen molar-refractivity contribution in [1.29, 1.82) is 0 Å². The standard InChI is InChI=1S/C8H16O4/c1-4-5(9)6(10)7(11)8(2,3)12-4/h4-7,9-11H,1-3H3. The number of aliphatic hydroxyl groups excluding tert-OH is 3. The van der Waals surface area contributed by atoms with Crippen molar-refractivity contribution in [2.45, 2.75) is 50.8 Å². The fourth-order valence-electron chi connectivity index (χ4n) is 1.49. The van der Waals surface area contributed by atoms with E-state index in [0.29, 0.717) is 0 Å². The molecule has 4 heteroatoms. The van der Waals surface area contributed by atoms with Crippen LogP contribution < -0.4 is 0 Å². The Kier molecular flexibility index (Phi) is 2.45. The zero-order valence-corrected chi connectivity index (χ0v) is 7.56. The zero-order valence-electron chi connectivity index (χ0n) is 7.56. The molecule has 4 unspecified atom stereocenters. The molecule has 0 amide bonds. The topological polar surface area (TPSA) is 69.9 Å². The summed E-state index contributed by atoms with van der Waals surface area (Å²) in [7, 11) is 0. The van der Waals surface area contributed by atoms with Gasteiger partial charge in [-0.15, -0.1) is 0 Å². The van der Waals surface area contributed by atoms with E-state index < -0.39 is 30.0 Å². The van der Waals surface area contributed by atoms with Gasteiger partial charge in [0.15, 0.2) is 0 Å². The number of rotatable bonds is 0. The third-order valence-corrected chi connectivity index (χ3v) is 2.36. The molecule has 0 saturated carbocycles. The summed E-state index contributed by atoms with van der Waals surface area (Å²) in [6.07, 6.45) is -3.61. The summed E-state index contributed by atoms with van der Waals surface area (Å²) in [5.41, 5.74) is -0.794. The predicted molar refractivity (Wildman–Crippen MR) is 42.6 cm³/mol. The monoisotopic (exact) mass is 176 g/mol. The Morgan fingerprint density at radius 1 is 1.08 bits per heavy atom. The molecule has 72 valence electrons. The van der Waals surface area contributed by atoms with E-state index in [9.17, 15) is 15.3 Å². The van der Waals surface area contributed by atoms with Gasteiger partial charge in [0, 0.05) is 0 Å². The highest BCUT2D eigenvalue weighted by Gasteiger charge is 2.46. The van der Waals surface area contributed by atoms with E-state index in [1.54, 1.807) is 20.8 Å². The first kappa shape index (κ1) is 9.92. The summed E-state index contributed by atoms with van der Waals surface area (Å²) in [5, 5.41) is 28.1. The van der Waals surface area contributed by atoms with Crippen LogP contribution in [0.2, 0.25) is 0 Å². The fourth-order valence-corrected chi connectivity index (χ4v) is 1.49. The van der Waals surface area contributed by atoms with Crippen LogP contribution in [-0.4, -0.2) is 45.3 Å². The van der Waals surface area contributed by atoms with Gasteiger partial charge in [-0.25, -0.2) is 0 Å². The molecule has 1 aliphatic rings. The van der Waals surface area contributed by atoms with Gasteiger partial charge in [-0.05, 0) is 20.8 Å². The summed E-state index contributed by atoms with van der Waals surface area (Å²) in [5.74, 6) is 0. The molecule has 0 radical (unpaired) electrons. The first-order valence-electron chi connectivity index (χ1n) is 4.08. The molecule has 4 nitrogen and oxygen atoms in total. The maximum atomic E-state index is 9.46. The molecule has 4 atom stereocenters. The number of aliphatic hydroxyl groups is 3. The summed E-state index contributed by atoms with van der Waals surface area (Å²) >= 11 is 0. The Balaban J connectivity index is 2.78. The molecule has 1 saturated heterocycles. The number of hydrogen-bond donors (Lipinski definition) is 3. The molecule has 12 heavy (non-hydrogen) atoms. The van der Waals surface area contributed by atoms with Gasteiger partial charge in [0.1, 0.15) is 18.3 Å². The second-order valence-corrected chi connectivity index (χ2v) is 3.85. The van der Waals surface area contributed by atoms with Gasteiger partial charge >= 0.3 is 0 Å². The lowest BCUT2D eigenvalue weighted by molar-refractivity contribution is -0.251. The fraction of sp³-hybridized carbons (Fsp3) is 1.00. The molecule has 0 aromatic heterocycles. The predicted octanol–water partition coefficient (Wildman–Crippen LogP) is -0.734. The van der Waals surface area contributed by atoms with Crippen LogP contribution in [0, 0.1) is 0 Å². The van der Waals surface area contributed by atoms with Crippen molar-refractivity contribution < 1.29 is 20.1 Å². The van der Waals surface area contributed by atoms with Crippen LogP contribution in [0.4, 0.5) is 0 Å². The van der Waals surface area contributed by atoms with Crippen LogP contribution >= 0.6 is 0 Å². The Hall–Kier alpha value is -0.160. The third kappa shape index (κ3) is 1.47. The van der Waals surface area contributed by atoms with Gasteiger partial charge in [0.25, 0.3) is 0 Å². The zero-order chi connectivity index (χ0) is 9.52. The van der Waals surface area contributed by atoms with Crippen molar-refractivity contribution in [3.63, 3.8) is 0 Å². The van der Waals surface area contributed by atoms with E-state index in [2.05, 4.69) is 0 Å². The minimum absolute atomic E-state index is 0.446.